The summed E-state index contributed by atoms with van der Waals surface area (Å²) in [4.78, 5) is 40.2. The van der Waals surface area contributed by atoms with Crippen molar-refractivity contribution in [3.63, 3.8) is 0 Å². The van der Waals surface area contributed by atoms with Gasteiger partial charge in [0.2, 0.25) is 0 Å². The van der Waals surface area contributed by atoms with E-state index in [1.165, 1.54) is 11.1 Å². The van der Waals surface area contributed by atoms with Gasteiger partial charge in [-0.25, -0.2) is 19.4 Å². The second kappa shape index (κ2) is 17.7. The lowest BCUT2D eigenvalue weighted by molar-refractivity contribution is -0.193. The molecular formula is C23H25F9N4O7. The van der Waals surface area contributed by atoms with Gasteiger partial charge in [-0.05, 0) is 23.8 Å². The summed E-state index contributed by atoms with van der Waals surface area (Å²) in [6.45, 7) is 5.50. The van der Waals surface area contributed by atoms with Gasteiger partial charge in [-0.1, -0.05) is 6.07 Å². The number of ether oxygens (including phenoxy) is 1. The molecule has 0 radical (unpaired) electrons. The zero-order chi connectivity index (χ0) is 33.4. The number of methoxy groups -OCH3 is 1. The average molecular weight is 640 g/mol. The molecule has 1 aliphatic rings. The molecule has 3 N–H and O–H groups in total. The van der Waals surface area contributed by atoms with Crippen LogP contribution in [0, 0.1) is 0 Å². The van der Waals surface area contributed by atoms with Crippen molar-refractivity contribution in [2.24, 2.45) is 0 Å². The van der Waals surface area contributed by atoms with Crippen LogP contribution < -0.4 is 4.90 Å². The molecule has 20 heteroatoms. The van der Waals surface area contributed by atoms with E-state index >= 15 is 0 Å². The summed E-state index contributed by atoms with van der Waals surface area (Å²) in [6, 6.07) is 8.32. The number of fused-ring (bicyclic) bond motifs is 1. The Morgan fingerprint density at radius 3 is 1.70 bits per heavy atom. The lowest BCUT2D eigenvalue weighted by Gasteiger charge is -2.23. The molecule has 43 heavy (non-hydrogen) atoms. The molecule has 0 spiro atoms. The highest BCUT2D eigenvalue weighted by Gasteiger charge is 2.39. The van der Waals surface area contributed by atoms with E-state index in [0.29, 0.717) is 0 Å². The van der Waals surface area contributed by atoms with Gasteiger partial charge in [0.05, 0.1) is 6.61 Å². The Morgan fingerprint density at radius 2 is 1.28 bits per heavy atom. The van der Waals surface area contributed by atoms with Gasteiger partial charge in [-0.3, -0.25) is 9.88 Å². The lowest BCUT2D eigenvalue weighted by Crippen LogP contribution is -2.33. The summed E-state index contributed by atoms with van der Waals surface area (Å²) in [5.41, 5.74) is 2.54. The van der Waals surface area contributed by atoms with Crippen molar-refractivity contribution in [2.75, 3.05) is 38.3 Å². The van der Waals surface area contributed by atoms with Crippen LogP contribution in [0.5, 0.6) is 0 Å². The molecule has 0 atom stereocenters. The van der Waals surface area contributed by atoms with Crippen molar-refractivity contribution in [1.29, 1.82) is 0 Å². The fraction of sp³-hybridized carbons (Fsp3) is 0.435. The van der Waals surface area contributed by atoms with Crippen molar-refractivity contribution < 1.29 is 74.0 Å². The Kier molecular flexibility index (Phi) is 16.0. The van der Waals surface area contributed by atoms with E-state index in [1.807, 2.05) is 24.7 Å². The largest absolute Gasteiger partial charge is 0.490 e. The monoisotopic (exact) mass is 640 g/mol. The van der Waals surface area contributed by atoms with E-state index in [9.17, 15) is 39.5 Å². The van der Waals surface area contributed by atoms with Crippen molar-refractivity contribution in [3.05, 3.63) is 54.0 Å². The van der Waals surface area contributed by atoms with Gasteiger partial charge in [-0.2, -0.15) is 39.5 Å². The van der Waals surface area contributed by atoms with E-state index in [0.717, 1.165) is 45.1 Å². The smallest absolute Gasteiger partial charge is 0.475 e. The summed E-state index contributed by atoms with van der Waals surface area (Å²) in [7, 11) is 1.75. The van der Waals surface area contributed by atoms with Crippen molar-refractivity contribution in [1.82, 2.24) is 14.9 Å². The van der Waals surface area contributed by atoms with Crippen LogP contribution in [0.3, 0.4) is 0 Å². The number of carboxylic acids is 3. The minimum atomic E-state index is -5.08. The SMILES string of the molecule is COCCN1CCN(Cc2ccncc2)c2ncccc2C1.O=C(O)C(F)(F)F.O=C(O)C(F)(F)F.O=C(O)C(F)(F)F. The first-order valence-electron chi connectivity index (χ1n) is 11.4. The Hall–Kier alpha value is -4.20. The van der Waals surface area contributed by atoms with Crippen LogP contribution in [0.15, 0.2) is 42.9 Å². The van der Waals surface area contributed by atoms with Crippen LogP contribution in [0.1, 0.15) is 11.1 Å². The second-order valence-electron chi connectivity index (χ2n) is 7.94. The molecule has 0 unspecified atom stereocenters. The first-order chi connectivity index (χ1) is 19.7. The van der Waals surface area contributed by atoms with E-state index in [1.54, 1.807) is 7.11 Å². The molecule has 0 bridgehead atoms. The Labute approximate surface area is 237 Å². The molecule has 0 aromatic carbocycles. The van der Waals surface area contributed by atoms with Crippen molar-refractivity contribution in [2.45, 2.75) is 31.6 Å². The minimum Gasteiger partial charge on any atom is -0.475 e. The van der Waals surface area contributed by atoms with E-state index < -0.39 is 36.4 Å². The third-order valence-corrected chi connectivity index (χ3v) is 4.71. The number of halogens is 9. The molecule has 0 saturated heterocycles. The second-order valence-corrected chi connectivity index (χ2v) is 7.94. The third kappa shape index (κ3) is 16.7. The number of hydrogen-bond donors (Lipinski definition) is 3. The average Bonchev–Trinajstić information content (AvgIpc) is 3.07. The normalized spacial score (nSPS) is 13.4. The Bertz CT molecular complexity index is 1090. The summed E-state index contributed by atoms with van der Waals surface area (Å²) in [5.74, 6) is -7.17. The number of aliphatic carboxylic acids is 3. The fourth-order valence-electron chi connectivity index (χ4n) is 2.80. The van der Waals surface area contributed by atoms with Crippen LogP contribution in [0.25, 0.3) is 0 Å². The van der Waals surface area contributed by atoms with Gasteiger partial charge in [0.25, 0.3) is 0 Å². The van der Waals surface area contributed by atoms with Crippen molar-refractivity contribution >= 4 is 23.7 Å². The fourth-order valence-corrected chi connectivity index (χ4v) is 2.80. The molecule has 0 aliphatic carbocycles. The van der Waals surface area contributed by atoms with Crippen LogP contribution in [-0.2, 0) is 32.2 Å². The summed E-state index contributed by atoms with van der Waals surface area (Å²) >= 11 is 0. The third-order valence-electron chi connectivity index (χ3n) is 4.71. The van der Waals surface area contributed by atoms with E-state index in [2.05, 4.69) is 38.0 Å². The molecule has 0 amide bonds. The van der Waals surface area contributed by atoms with Gasteiger partial charge in [0, 0.05) is 64.0 Å². The summed E-state index contributed by atoms with van der Waals surface area (Å²) in [6.07, 6.45) is -9.68. The summed E-state index contributed by atoms with van der Waals surface area (Å²) < 4.78 is 100. The number of pyridine rings is 2. The number of nitrogens with zero attached hydrogens (tertiary/aromatic N) is 4. The molecule has 0 fully saturated rings. The molecule has 2 aromatic rings. The molecule has 242 valence electrons. The number of anilines is 1. The van der Waals surface area contributed by atoms with Gasteiger partial charge >= 0.3 is 36.4 Å². The predicted molar refractivity (Wildman–Crippen MR) is 128 cm³/mol. The zero-order valence-electron chi connectivity index (χ0n) is 21.9. The lowest BCUT2D eigenvalue weighted by atomic mass is 10.2. The molecule has 11 nitrogen and oxygen atoms in total. The van der Waals surface area contributed by atoms with Gasteiger partial charge < -0.3 is 25.0 Å². The van der Waals surface area contributed by atoms with Gasteiger partial charge in [0.1, 0.15) is 5.82 Å². The molecule has 0 saturated carbocycles. The van der Waals surface area contributed by atoms with Gasteiger partial charge in [-0.15, -0.1) is 0 Å². The van der Waals surface area contributed by atoms with Crippen LogP contribution in [-0.4, -0.2) is 100.0 Å². The number of carboxylic acid groups (broad SMARTS) is 3. The van der Waals surface area contributed by atoms with Crippen LogP contribution >= 0.6 is 0 Å². The molecule has 3 heterocycles. The quantitative estimate of drug-likeness (QED) is 0.409. The van der Waals surface area contributed by atoms with E-state index in [4.69, 9.17) is 34.4 Å². The molecular weight excluding hydrogens is 615 g/mol. The maximum atomic E-state index is 10.6. The minimum absolute atomic E-state index is 0.764. The Morgan fingerprint density at radius 1 is 0.814 bits per heavy atom. The van der Waals surface area contributed by atoms with Gasteiger partial charge in [0.15, 0.2) is 0 Å². The maximum Gasteiger partial charge on any atom is 0.490 e. The highest BCUT2D eigenvalue weighted by molar-refractivity contribution is 5.73. The molecule has 2 aromatic heterocycles. The number of alkyl halides is 9. The number of hydrogen-bond acceptors (Lipinski definition) is 8. The topological polar surface area (TPSA) is 153 Å². The maximum absolute atomic E-state index is 10.6. The number of aromatic nitrogens is 2. The summed E-state index contributed by atoms with van der Waals surface area (Å²) in [5, 5.41) is 21.4. The first-order valence-corrected chi connectivity index (χ1v) is 11.4. The first kappa shape index (κ1) is 38.8. The molecule has 3 rings (SSSR count). The van der Waals surface area contributed by atoms with Crippen molar-refractivity contribution in [3.8, 4) is 0 Å². The van der Waals surface area contributed by atoms with Crippen LogP contribution in [0.2, 0.25) is 0 Å². The standard InChI is InChI=1S/C17H22N4O.3C2HF3O2/c1-22-12-11-20-9-10-21(13-15-4-7-18-8-5-15)17-16(14-20)3-2-6-19-17;3*3-2(4,5)1(6)7/h2-8H,9-14H2,1H3;3*(H,6,7). The highest BCUT2D eigenvalue weighted by atomic mass is 19.4. The van der Waals surface area contributed by atoms with Crippen LogP contribution in [0.4, 0.5) is 45.3 Å². The molecule has 1 aliphatic heterocycles. The zero-order valence-corrected chi connectivity index (χ0v) is 21.9. The highest BCUT2D eigenvalue weighted by Crippen LogP contribution is 2.24. The number of carbonyl (C=O) groups is 3. The van der Waals surface area contributed by atoms with E-state index in [-0.39, 0.29) is 0 Å². The number of rotatable bonds is 5. The predicted octanol–water partition coefficient (Wildman–Crippen LogP) is 3.85. The Balaban J connectivity index is 0.000000690.